The maximum Gasteiger partial charge on any atom is 0.347 e. The maximum atomic E-state index is 12.5. The number of nitrogens with two attached hydrogens (primary N) is 3. The zero-order valence-corrected chi connectivity index (χ0v) is 14.8. The second kappa shape index (κ2) is 5.95. The van der Waals surface area contributed by atoms with E-state index in [0.29, 0.717) is 5.69 Å². The standard InChI is InChI=1S/C16H21N7O5/c17-8-3-1-7(2-4-8)12(25)28-10-5-23-14(19)20-9(6-24)11-15(23,16(10,26)27)22-13(18)21-11/h1-4,9-11,24,26-27H,5-6H2,(H7,17,18,19,20,21,22,25)/p+2/t9-,10-,11-,15-/m0/s1. The van der Waals surface area contributed by atoms with Crippen molar-refractivity contribution in [3.63, 3.8) is 0 Å². The molecule has 1 aromatic carbocycles. The van der Waals surface area contributed by atoms with E-state index in [1.165, 1.54) is 28.8 Å². The average Bonchev–Trinajstić information content (AvgIpc) is 3.11. The largest absolute Gasteiger partial charge is 0.449 e. The first-order chi connectivity index (χ1) is 13.2. The molecule has 0 saturated carbocycles. The summed E-state index contributed by atoms with van der Waals surface area (Å²) in [5.74, 6) is -3.19. The van der Waals surface area contributed by atoms with Gasteiger partial charge >= 0.3 is 23.6 Å². The van der Waals surface area contributed by atoms with Crippen LogP contribution in [-0.4, -0.2) is 80.6 Å². The number of carbonyl (C=O) groups is 1. The molecule has 12 N–H and O–H groups in total. The normalized spacial score (nSPS) is 32.7. The monoisotopic (exact) mass is 393 g/mol. The van der Waals surface area contributed by atoms with Crippen LogP contribution in [0.15, 0.2) is 24.3 Å². The van der Waals surface area contributed by atoms with E-state index >= 15 is 0 Å². The van der Waals surface area contributed by atoms with Crippen molar-refractivity contribution in [1.82, 2.24) is 10.6 Å². The number of benzene rings is 1. The number of hydrogen-bond donors (Lipinski definition) is 9. The summed E-state index contributed by atoms with van der Waals surface area (Å²) >= 11 is 0. The highest BCUT2D eigenvalue weighted by Gasteiger charge is 2.78. The van der Waals surface area contributed by atoms with Crippen LogP contribution in [0.3, 0.4) is 0 Å². The molecule has 0 aliphatic carbocycles. The van der Waals surface area contributed by atoms with E-state index in [1.807, 2.05) is 0 Å². The Hall–Kier alpha value is -3.09. The van der Waals surface area contributed by atoms with Crippen LogP contribution in [0.4, 0.5) is 5.69 Å². The number of guanidine groups is 2. The first kappa shape index (κ1) is 18.3. The van der Waals surface area contributed by atoms with Gasteiger partial charge in [0, 0.05) is 5.69 Å². The second-order valence-corrected chi connectivity index (χ2v) is 7.10. The summed E-state index contributed by atoms with van der Waals surface area (Å²) in [7, 11) is 0. The molecule has 3 aliphatic heterocycles. The molecule has 0 bridgehead atoms. The number of nitrogen functional groups attached to an aromatic ring is 1. The molecule has 1 saturated heterocycles. The number of anilines is 1. The van der Waals surface area contributed by atoms with Crippen LogP contribution in [-0.2, 0) is 4.74 Å². The molecule has 0 unspecified atom stereocenters. The van der Waals surface area contributed by atoms with Crippen molar-refractivity contribution in [2.75, 3.05) is 18.9 Å². The molecule has 0 radical (unpaired) electrons. The van der Waals surface area contributed by atoms with Gasteiger partial charge < -0.3 is 25.8 Å². The van der Waals surface area contributed by atoms with Gasteiger partial charge in [0.05, 0.1) is 12.2 Å². The van der Waals surface area contributed by atoms with Crippen molar-refractivity contribution in [3.8, 4) is 0 Å². The number of esters is 1. The minimum absolute atomic E-state index is 0.0722. The van der Waals surface area contributed by atoms with Crippen molar-refractivity contribution >= 4 is 23.6 Å². The number of aliphatic hydroxyl groups is 3. The van der Waals surface area contributed by atoms with Gasteiger partial charge in [0.15, 0.2) is 12.1 Å². The Balaban J connectivity index is 1.69. The number of carbonyl (C=O) groups excluding carboxylic acids is 1. The summed E-state index contributed by atoms with van der Waals surface area (Å²) in [6.45, 7) is -0.474. The van der Waals surface area contributed by atoms with Crippen LogP contribution < -0.4 is 32.8 Å². The van der Waals surface area contributed by atoms with E-state index in [4.69, 9.17) is 21.9 Å². The molecule has 3 aliphatic rings. The fourth-order valence-corrected chi connectivity index (χ4v) is 4.15. The highest BCUT2D eigenvalue weighted by Crippen LogP contribution is 2.39. The molecular formula is C16H23N7O5+2. The van der Waals surface area contributed by atoms with E-state index in [9.17, 15) is 20.1 Å². The van der Waals surface area contributed by atoms with Gasteiger partial charge in [0.1, 0.15) is 12.6 Å². The molecular weight excluding hydrogens is 370 g/mol. The smallest absolute Gasteiger partial charge is 0.347 e. The highest BCUT2D eigenvalue weighted by atomic mass is 16.6. The van der Waals surface area contributed by atoms with Gasteiger partial charge in [-0.2, -0.15) is 0 Å². The van der Waals surface area contributed by atoms with Gasteiger partial charge in [0.2, 0.25) is 0 Å². The Morgan fingerprint density at radius 3 is 2.61 bits per heavy atom. The van der Waals surface area contributed by atoms with Crippen molar-refractivity contribution in [1.29, 1.82) is 0 Å². The lowest BCUT2D eigenvalue weighted by Crippen LogP contribution is -2.91. The minimum atomic E-state index is -2.59. The van der Waals surface area contributed by atoms with Crippen molar-refractivity contribution in [3.05, 3.63) is 29.8 Å². The third-order valence-corrected chi connectivity index (χ3v) is 5.49. The summed E-state index contributed by atoms with van der Waals surface area (Å²) in [6.07, 6.45) is -1.36. The summed E-state index contributed by atoms with van der Waals surface area (Å²) < 4.78 is 6.83. The molecule has 3 heterocycles. The number of ether oxygens (including phenoxy) is 1. The number of hydrogen-bond acceptors (Lipinski definition) is 10. The Morgan fingerprint density at radius 1 is 1.29 bits per heavy atom. The number of rotatable bonds is 3. The first-order valence-corrected chi connectivity index (χ1v) is 8.66. The van der Waals surface area contributed by atoms with Crippen LogP contribution >= 0.6 is 0 Å². The second-order valence-electron chi connectivity index (χ2n) is 7.10. The van der Waals surface area contributed by atoms with Gasteiger partial charge in [-0.1, -0.05) is 0 Å². The highest BCUT2D eigenvalue weighted by molar-refractivity contribution is 5.90. The molecule has 12 heteroatoms. The number of aliphatic hydroxyl groups excluding tert-OH is 1. The molecule has 150 valence electrons. The fraction of sp³-hybridized carbons (Fsp3) is 0.438. The van der Waals surface area contributed by atoms with Crippen LogP contribution in [0.2, 0.25) is 0 Å². The fourth-order valence-electron chi connectivity index (χ4n) is 4.15. The van der Waals surface area contributed by atoms with Crippen LogP contribution in [0.1, 0.15) is 10.4 Å². The van der Waals surface area contributed by atoms with Crippen LogP contribution in [0.5, 0.6) is 0 Å². The van der Waals surface area contributed by atoms with Crippen LogP contribution in [0.25, 0.3) is 0 Å². The summed E-state index contributed by atoms with van der Waals surface area (Å²) in [6, 6.07) is 4.57. The van der Waals surface area contributed by atoms with E-state index in [2.05, 4.69) is 15.6 Å². The predicted octanol–water partition coefficient (Wildman–Crippen LogP) is -6.16. The summed E-state index contributed by atoms with van der Waals surface area (Å²) in [5.41, 5.74) is 16.5. The van der Waals surface area contributed by atoms with Crippen molar-refractivity contribution in [2.45, 2.75) is 29.6 Å². The molecule has 0 aromatic heterocycles. The van der Waals surface area contributed by atoms with E-state index in [0.717, 1.165) is 0 Å². The van der Waals surface area contributed by atoms with Gasteiger partial charge in [-0.25, -0.2) is 14.7 Å². The summed E-state index contributed by atoms with van der Waals surface area (Å²) in [5, 5.41) is 37.5. The van der Waals surface area contributed by atoms with E-state index in [-0.39, 0.29) is 30.6 Å². The van der Waals surface area contributed by atoms with E-state index in [1.54, 1.807) is 0 Å². The predicted molar refractivity (Wildman–Crippen MR) is 95.4 cm³/mol. The minimum Gasteiger partial charge on any atom is -0.449 e. The van der Waals surface area contributed by atoms with Crippen molar-refractivity contribution < 1.29 is 34.4 Å². The quantitative estimate of drug-likeness (QED) is 0.103. The average molecular weight is 393 g/mol. The Bertz CT molecular complexity index is 884. The molecule has 0 amide bonds. The Kier molecular flexibility index (Phi) is 3.89. The van der Waals surface area contributed by atoms with Gasteiger partial charge in [0.25, 0.3) is 5.79 Å². The number of nitrogens with one attached hydrogen (secondary N) is 3. The molecule has 1 spiro atoms. The van der Waals surface area contributed by atoms with E-state index < -0.39 is 35.6 Å². The lowest BCUT2D eigenvalue weighted by atomic mass is 9.86. The molecule has 1 fully saturated rings. The molecule has 1 aromatic rings. The Morgan fingerprint density at radius 2 is 1.96 bits per heavy atom. The third kappa shape index (κ3) is 2.32. The molecule has 4 rings (SSSR count). The SMILES string of the molecule is NC1=[NH+][C@H]2[C@H](CO)NC(N)=[N+]3C[C@H](OC(=O)c4ccc(N)cc4)C(O)(O)[C@]23N1. The lowest BCUT2D eigenvalue weighted by Gasteiger charge is -2.40. The first-order valence-electron chi connectivity index (χ1n) is 8.66. The van der Waals surface area contributed by atoms with Crippen molar-refractivity contribution in [2.24, 2.45) is 11.5 Å². The Labute approximate surface area is 159 Å². The van der Waals surface area contributed by atoms with Gasteiger partial charge in [-0.15, -0.1) is 0 Å². The zero-order valence-electron chi connectivity index (χ0n) is 14.8. The topological polar surface area (TPSA) is 206 Å². The third-order valence-electron chi connectivity index (χ3n) is 5.49. The van der Waals surface area contributed by atoms with Gasteiger partial charge in [-0.3, -0.25) is 21.8 Å². The van der Waals surface area contributed by atoms with Gasteiger partial charge in [-0.05, 0) is 24.3 Å². The molecule has 4 atom stereocenters. The molecule has 12 nitrogen and oxygen atoms in total. The molecule has 28 heavy (non-hydrogen) atoms. The zero-order chi connectivity index (χ0) is 20.3. The summed E-state index contributed by atoms with van der Waals surface area (Å²) in [4.78, 5) is 15.4. The van der Waals surface area contributed by atoms with Crippen LogP contribution in [0, 0.1) is 0 Å². The lowest BCUT2D eigenvalue weighted by molar-refractivity contribution is -0.674. The number of nitrogens with zero attached hydrogens (tertiary/aromatic N) is 1. The maximum absolute atomic E-state index is 12.5.